The van der Waals surface area contributed by atoms with Crippen LogP contribution in [0.15, 0.2) is 48.5 Å². The van der Waals surface area contributed by atoms with E-state index in [-0.39, 0.29) is 11.7 Å². The lowest BCUT2D eigenvalue weighted by atomic mass is 10.1. The molecule has 0 aliphatic carbocycles. The average Bonchev–Trinajstić information content (AvgIpc) is 2.98. The van der Waals surface area contributed by atoms with Crippen LogP contribution in [0.2, 0.25) is 0 Å². The molecule has 0 saturated carbocycles. The van der Waals surface area contributed by atoms with Crippen LogP contribution in [-0.2, 0) is 11.2 Å². The molecule has 1 fully saturated rings. The van der Waals surface area contributed by atoms with Crippen molar-refractivity contribution in [1.82, 2.24) is 14.7 Å². The minimum Gasteiger partial charge on any atom is -0.370 e. The Morgan fingerprint density at radius 3 is 2.38 bits per heavy atom. The standard InChI is InChI=1S/C25H26FN5O/c1-18-24(19(2)31(28-18)23-10-6-21(26)7-11-23)16-25(32)30-13-3-12-29(14-15-30)22-8-4-20(17-27)5-9-22/h4-11H,3,12-16H2,1-2H3. The molecule has 2 aromatic carbocycles. The second-order valence-electron chi connectivity index (χ2n) is 8.09. The summed E-state index contributed by atoms with van der Waals surface area (Å²) in [6.07, 6.45) is 1.19. The molecule has 6 nitrogen and oxygen atoms in total. The summed E-state index contributed by atoms with van der Waals surface area (Å²) in [5.74, 6) is -0.196. The van der Waals surface area contributed by atoms with E-state index in [2.05, 4.69) is 16.1 Å². The zero-order valence-corrected chi connectivity index (χ0v) is 18.4. The smallest absolute Gasteiger partial charge is 0.227 e. The number of carbonyl (C=O) groups excluding carboxylic acids is 1. The van der Waals surface area contributed by atoms with Crippen LogP contribution in [0, 0.1) is 31.0 Å². The lowest BCUT2D eigenvalue weighted by Crippen LogP contribution is -2.36. The van der Waals surface area contributed by atoms with Crippen molar-refractivity contribution in [3.8, 4) is 11.8 Å². The Morgan fingerprint density at radius 2 is 1.69 bits per heavy atom. The summed E-state index contributed by atoms with van der Waals surface area (Å²) < 4.78 is 15.0. The Hall–Kier alpha value is -3.66. The highest BCUT2D eigenvalue weighted by atomic mass is 19.1. The van der Waals surface area contributed by atoms with Crippen LogP contribution >= 0.6 is 0 Å². The van der Waals surface area contributed by atoms with Gasteiger partial charge in [-0.15, -0.1) is 0 Å². The molecular formula is C25H26FN5O. The first-order valence-corrected chi connectivity index (χ1v) is 10.8. The minimum absolute atomic E-state index is 0.0940. The Bertz CT molecular complexity index is 1140. The second-order valence-corrected chi connectivity index (χ2v) is 8.09. The predicted molar refractivity (Wildman–Crippen MR) is 121 cm³/mol. The molecule has 1 saturated heterocycles. The van der Waals surface area contributed by atoms with Gasteiger partial charge in [0.25, 0.3) is 0 Å². The molecule has 7 heteroatoms. The van der Waals surface area contributed by atoms with Gasteiger partial charge >= 0.3 is 0 Å². The monoisotopic (exact) mass is 431 g/mol. The van der Waals surface area contributed by atoms with E-state index >= 15 is 0 Å². The van der Waals surface area contributed by atoms with Crippen molar-refractivity contribution in [2.75, 3.05) is 31.1 Å². The third-order valence-corrected chi connectivity index (χ3v) is 6.05. The molecule has 32 heavy (non-hydrogen) atoms. The number of aryl methyl sites for hydroxylation is 1. The normalized spacial score (nSPS) is 14.2. The van der Waals surface area contributed by atoms with Crippen LogP contribution in [0.4, 0.5) is 10.1 Å². The number of nitrogens with zero attached hydrogens (tertiary/aromatic N) is 5. The lowest BCUT2D eigenvalue weighted by molar-refractivity contribution is -0.130. The third kappa shape index (κ3) is 4.50. The quantitative estimate of drug-likeness (QED) is 0.631. The fourth-order valence-corrected chi connectivity index (χ4v) is 4.20. The number of nitriles is 1. The van der Waals surface area contributed by atoms with E-state index < -0.39 is 0 Å². The number of carbonyl (C=O) groups is 1. The largest absolute Gasteiger partial charge is 0.370 e. The first-order chi connectivity index (χ1) is 15.5. The van der Waals surface area contributed by atoms with Gasteiger partial charge in [0.15, 0.2) is 0 Å². The van der Waals surface area contributed by atoms with Gasteiger partial charge in [0.05, 0.1) is 29.4 Å². The van der Waals surface area contributed by atoms with E-state index in [1.54, 1.807) is 16.8 Å². The van der Waals surface area contributed by atoms with Gasteiger partial charge in [-0.3, -0.25) is 4.79 Å². The summed E-state index contributed by atoms with van der Waals surface area (Å²) >= 11 is 0. The van der Waals surface area contributed by atoms with Crippen LogP contribution in [0.1, 0.15) is 28.9 Å². The van der Waals surface area contributed by atoms with Gasteiger partial charge in [-0.05, 0) is 68.8 Å². The number of anilines is 1. The Balaban J connectivity index is 1.44. The number of hydrogen-bond acceptors (Lipinski definition) is 4. The SMILES string of the molecule is Cc1nn(-c2ccc(F)cc2)c(C)c1CC(=O)N1CCCN(c2ccc(C#N)cc2)CC1. The fourth-order valence-electron chi connectivity index (χ4n) is 4.20. The van der Waals surface area contributed by atoms with E-state index in [1.807, 2.05) is 43.0 Å². The zero-order valence-electron chi connectivity index (χ0n) is 18.4. The van der Waals surface area contributed by atoms with Crippen molar-refractivity contribution in [2.45, 2.75) is 26.7 Å². The molecule has 2 heterocycles. The molecule has 1 aliphatic rings. The van der Waals surface area contributed by atoms with E-state index in [4.69, 9.17) is 5.26 Å². The molecule has 1 amide bonds. The third-order valence-electron chi connectivity index (χ3n) is 6.05. The lowest BCUT2D eigenvalue weighted by Gasteiger charge is -2.24. The molecule has 164 valence electrons. The first-order valence-electron chi connectivity index (χ1n) is 10.8. The summed E-state index contributed by atoms with van der Waals surface area (Å²) in [7, 11) is 0. The molecule has 0 unspecified atom stereocenters. The number of benzene rings is 2. The molecule has 0 atom stereocenters. The van der Waals surface area contributed by atoms with Crippen LogP contribution in [0.25, 0.3) is 5.69 Å². The summed E-state index contributed by atoms with van der Waals surface area (Å²) in [5.41, 5.74) is 5.13. The van der Waals surface area contributed by atoms with E-state index in [1.165, 1.54) is 12.1 Å². The maximum atomic E-state index is 13.3. The second kappa shape index (κ2) is 9.23. The topological polar surface area (TPSA) is 65.2 Å². The van der Waals surface area contributed by atoms with Gasteiger partial charge < -0.3 is 9.80 Å². The average molecular weight is 432 g/mol. The molecule has 0 N–H and O–H groups in total. The highest BCUT2D eigenvalue weighted by Crippen LogP contribution is 2.21. The van der Waals surface area contributed by atoms with Crippen LogP contribution < -0.4 is 4.90 Å². The van der Waals surface area contributed by atoms with Gasteiger partial charge in [0.2, 0.25) is 5.91 Å². The molecule has 0 radical (unpaired) electrons. The molecule has 0 spiro atoms. The van der Waals surface area contributed by atoms with Crippen molar-refractivity contribution < 1.29 is 9.18 Å². The number of amides is 1. The van der Waals surface area contributed by atoms with Crippen molar-refractivity contribution in [1.29, 1.82) is 5.26 Å². The van der Waals surface area contributed by atoms with Crippen molar-refractivity contribution in [3.63, 3.8) is 0 Å². The zero-order chi connectivity index (χ0) is 22.7. The van der Waals surface area contributed by atoms with Gasteiger partial charge in [0.1, 0.15) is 5.82 Å². The molecule has 1 aliphatic heterocycles. The number of rotatable bonds is 4. The van der Waals surface area contributed by atoms with E-state index in [9.17, 15) is 9.18 Å². The van der Waals surface area contributed by atoms with Gasteiger partial charge in [-0.1, -0.05) is 0 Å². The molecule has 1 aromatic heterocycles. The van der Waals surface area contributed by atoms with Gasteiger partial charge in [0, 0.05) is 43.1 Å². The molecule has 3 aromatic rings. The number of halogens is 1. The van der Waals surface area contributed by atoms with Gasteiger partial charge in [-0.2, -0.15) is 10.4 Å². The maximum Gasteiger partial charge on any atom is 0.227 e. The van der Waals surface area contributed by atoms with Crippen LogP contribution in [0.3, 0.4) is 0 Å². The van der Waals surface area contributed by atoms with Crippen molar-refractivity contribution >= 4 is 11.6 Å². The Labute approximate surface area is 187 Å². The van der Waals surface area contributed by atoms with E-state index in [0.717, 1.165) is 54.4 Å². The molecule has 0 bridgehead atoms. The predicted octanol–water partition coefficient (Wildman–Crippen LogP) is 3.78. The fraction of sp³-hybridized carbons (Fsp3) is 0.320. The molecular weight excluding hydrogens is 405 g/mol. The maximum absolute atomic E-state index is 13.3. The van der Waals surface area contributed by atoms with Crippen LogP contribution in [-0.4, -0.2) is 46.8 Å². The number of hydrogen-bond donors (Lipinski definition) is 0. The highest BCUT2D eigenvalue weighted by Gasteiger charge is 2.22. The molecule has 4 rings (SSSR count). The number of aromatic nitrogens is 2. The summed E-state index contributed by atoms with van der Waals surface area (Å²) in [4.78, 5) is 17.3. The summed E-state index contributed by atoms with van der Waals surface area (Å²) in [5, 5.41) is 13.6. The highest BCUT2D eigenvalue weighted by molar-refractivity contribution is 5.79. The summed E-state index contributed by atoms with van der Waals surface area (Å²) in [6.45, 7) is 6.85. The first kappa shape index (κ1) is 21.6. The Kier molecular flexibility index (Phi) is 6.22. The van der Waals surface area contributed by atoms with Crippen molar-refractivity contribution in [3.05, 3.63) is 76.9 Å². The van der Waals surface area contributed by atoms with Crippen LogP contribution in [0.5, 0.6) is 0 Å². The minimum atomic E-state index is -0.290. The van der Waals surface area contributed by atoms with Crippen molar-refractivity contribution in [2.24, 2.45) is 0 Å². The van der Waals surface area contributed by atoms with E-state index in [0.29, 0.717) is 18.5 Å². The van der Waals surface area contributed by atoms with Gasteiger partial charge in [-0.25, -0.2) is 9.07 Å². The summed E-state index contributed by atoms with van der Waals surface area (Å²) in [6, 6.07) is 15.9. The Morgan fingerprint density at radius 1 is 1.00 bits per heavy atom.